The third kappa shape index (κ3) is 2.04. The quantitative estimate of drug-likeness (QED) is 0.746. The molecule has 0 aromatic carbocycles. The van der Waals surface area contributed by atoms with Gasteiger partial charge in [-0.1, -0.05) is 6.92 Å². The number of amides is 1. The minimum Gasteiger partial charge on any atom is -0.481 e. The lowest BCUT2D eigenvalue weighted by molar-refractivity contribution is -0.143. The highest BCUT2D eigenvalue weighted by Gasteiger charge is 2.51. The number of fused-ring (bicyclic) bond motifs is 2. The molecule has 2 aliphatic rings. The highest BCUT2D eigenvalue weighted by Crippen LogP contribution is 2.42. The summed E-state index contributed by atoms with van der Waals surface area (Å²) in [6.07, 6.45) is 3.09. The Hall–Kier alpha value is -1.10. The summed E-state index contributed by atoms with van der Waals surface area (Å²) in [6.45, 7) is 2.38. The van der Waals surface area contributed by atoms with Crippen LogP contribution in [0.15, 0.2) is 0 Å². The van der Waals surface area contributed by atoms with Crippen molar-refractivity contribution in [3.05, 3.63) is 0 Å². The van der Waals surface area contributed by atoms with Crippen LogP contribution in [0, 0.1) is 11.8 Å². The second-order valence-electron chi connectivity index (χ2n) is 5.20. The molecular formula is C12H20N2O3. The molecule has 5 heteroatoms. The fourth-order valence-electron chi connectivity index (χ4n) is 3.23. The van der Waals surface area contributed by atoms with Crippen molar-refractivity contribution < 1.29 is 14.7 Å². The molecule has 17 heavy (non-hydrogen) atoms. The van der Waals surface area contributed by atoms with Gasteiger partial charge in [0.05, 0.1) is 5.92 Å². The topological polar surface area (TPSA) is 83.6 Å². The molecular weight excluding hydrogens is 220 g/mol. The molecule has 2 aliphatic heterocycles. The molecule has 0 aromatic rings. The predicted octanol–water partition coefficient (Wildman–Crippen LogP) is 0.435. The number of hydrogen-bond donors (Lipinski definition) is 2. The van der Waals surface area contributed by atoms with Gasteiger partial charge in [-0.2, -0.15) is 0 Å². The first-order chi connectivity index (χ1) is 8.06. The maximum atomic E-state index is 12.2. The lowest BCUT2D eigenvalue weighted by Gasteiger charge is -2.26. The van der Waals surface area contributed by atoms with Gasteiger partial charge >= 0.3 is 5.97 Å². The van der Waals surface area contributed by atoms with Crippen LogP contribution in [0.4, 0.5) is 0 Å². The van der Waals surface area contributed by atoms with Crippen LogP contribution in [0.5, 0.6) is 0 Å². The summed E-state index contributed by atoms with van der Waals surface area (Å²) in [5.41, 5.74) is 5.46. The molecule has 2 rings (SSSR count). The van der Waals surface area contributed by atoms with Crippen molar-refractivity contribution in [2.75, 3.05) is 6.54 Å². The van der Waals surface area contributed by atoms with Crippen molar-refractivity contribution in [2.45, 2.75) is 44.7 Å². The van der Waals surface area contributed by atoms with E-state index in [1.54, 1.807) is 0 Å². The summed E-state index contributed by atoms with van der Waals surface area (Å²) in [4.78, 5) is 25.2. The third-order valence-corrected chi connectivity index (χ3v) is 4.13. The van der Waals surface area contributed by atoms with Crippen molar-refractivity contribution in [1.29, 1.82) is 0 Å². The first kappa shape index (κ1) is 12.4. The molecule has 4 unspecified atom stereocenters. The molecule has 2 saturated heterocycles. The van der Waals surface area contributed by atoms with E-state index in [4.69, 9.17) is 10.8 Å². The molecule has 0 spiro atoms. The Labute approximate surface area is 101 Å². The van der Waals surface area contributed by atoms with Gasteiger partial charge < -0.3 is 15.7 Å². The summed E-state index contributed by atoms with van der Waals surface area (Å²) in [6, 6.07) is 0.0686. The summed E-state index contributed by atoms with van der Waals surface area (Å²) >= 11 is 0. The number of carboxylic acids is 1. The van der Waals surface area contributed by atoms with Crippen LogP contribution < -0.4 is 5.73 Å². The van der Waals surface area contributed by atoms with Gasteiger partial charge in [0.15, 0.2) is 0 Å². The van der Waals surface area contributed by atoms with Crippen molar-refractivity contribution in [3.63, 3.8) is 0 Å². The Morgan fingerprint density at radius 3 is 2.71 bits per heavy atom. The van der Waals surface area contributed by atoms with E-state index in [0.717, 1.165) is 12.8 Å². The Balaban J connectivity index is 2.08. The number of aliphatic carboxylic acids is 1. The molecule has 96 valence electrons. The zero-order valence-electron chi connectivity index (χ0n) is 10.1. The molecule has 3 N–H and O–H groups in total. The van der Waals surface area contributed by atoms with Gasteiger partial charge in [-0.05, 0) is 32.2 Å². The lowest BCUT2D eigenvalue weighted by Crippen LogP contribution is -2.41. The zero-order valence-corrected chi connectivity index (χ0v) is 10.1. The third-order valence-electron chi connectivity index (χ3n) is 4.13. The van der Waals surface area contributed by atoms with E-state index in [1.807, 2.05) is 11.8 Å². The second-order valence-corrected chi connectivity index (χ2v) is 5.20. The molecule has 0 radical (unpaired) electrons. The molecule has 2 fully saturated rings. The monoisotopic (exact) mass is 240 g/mol. The van der Waals surface area contributed by atoms with Crippen LogP contribution >= 0.6 is 0 Å². The van der Waals surface area contributed by atoms with Crippen molar-refractivity contribution in [1.82, 2.24) is 4.90 Å². The molecule has 4 atom stereocenters. The number of carbonyl (C=O) groups is 2. The van der Waals surface area contributed by atoms with Crippen molar-refractivity contribution in [2.24, 2.45) is 17.6 Å². The predicted molar refractivity (Wildman–Crippen MR) is 62.2 cm³/mol. The maximum Gasteiger partial charge on any atom is 0.308 e. The molecule has 5 nitrogen and oxygen atoms in total. The Bertz CT molecular complexity index is 332. The largest absolute Gasteiger partial charge is 0.481 e. The Kier molecular flexibility index (Phi) is 3.38. The normalized spacial score (nSPS) is 32.8. The van der Waals surface area contributed by atoms with Crippen molar-refractivity contribution in [3.8, 4) is 0 Å². The molecule has 0 aromatic heterocycles. The van der Waals surface area contributed by atoms with Gasteiger partial charge in [-0.15, -0.1) is 0 Å². The summed E-state index contributed by atoms with van der Waals surface area (Å²) in [5.74, 6) is -1.12. The summed E-state index contributed by atoms with van der Waals surface area (Å²) in [5, 5.41) is 9.12. The lowest BCUT2D eigenvalue weighted by atomic mass is 9.89. The van der Waals surface area contributed by atoms with E-state index in [1.165, 1.54) is 0 Å². The van der Waals surface area contributed by atoms with Gasteiger partial charge in [0.2, 0.25) is 5.91 Å². The van der Waals surface area contributed by atoms with Crippen LogP contribution in [0.25, 0.3) is 0 Å². The first-order valence-corrected chi connectivity index (χ1v) is 6.31. The SMILES string of the molecule is CC(CCN)C(=O)N1C2CCC1C(C(=O)O)C2. The van der Waals surface area contributed by atoms with Gasteiger partial charge in [-0.25, -0.2) is 0 Å². The smallest absolute Gasteiger partial charge is 0.308 e. The standard InChI is InChI=1S/C12H20N2O3/c1-7(4-5-13)11(15)14-8-2-3-10(14)9(6-8)12(16)17/h7-10H,2-6,13H2,1H3,(H,16,17). The van der Waals surface area contributed by atoms with E-state index >= 15 is 0 Å². The Morgan fingerprint density at radius 2 is 2.18 bits per heavy atom. The zero-order chi connectivity index (χ0) is 12.6. The highest BCUT2D eigenvalue weighted by molar-refractivity contribution is 5.82. The van der Waals surface area contributed by atoms with E-state index in [-0.39, 0.29) is 29.8 Å². The van der Waals surface area contributed by atoms with E-state index < -0.39 is 5.97 Å². The highest BCUT2D eigenvalue weighted by atomic mass is 16.4. The number of nitrogens with two attached hydrogens (primary N) is 1. The average Bonchev–Trinajstić information content (AvgIpc) is 2.85. The van der Waals surface area contributed by atoms with Crippen LogP contribution in [-0.2, 0) is 9.59 Å². The number of carboxylic acid groups (broad SMARTS) is 1. The van der Waals surface area contributed by atoms with Gasteiger partial charge in [-0.3, -0.25) is 9.59 Å². The van der Waals surface area contributed by atoms with Crippen LogP contribution in [0.3, 0.4) is 0 Å². The van der Waals surface area contributed by atoms with Gasteiger partial charge in [0.25, 0.3) is 0 Å². The van der Waals surface area contributed by atoms with E-state index in [0.29, 0.717) is 19.4 Å². The fraction of sp³-hybridized carbons (Fsp3) is 0.833. The van der Waals surface area contributed by atoms with Gasteiger partial charge in [0, 0.05) is 18.0 Å². The summed E-state index contributed by atoms with van der Waals surface area (Å²) in [7, 11) is 0. The molecule has 1 amide bonds. The average molecular weight is 240 g/mol. The van der Waals surface area contributed by atoms with Gasteiger partial charge in [0.1, 0.15) is 0 Å². The maximum absolute atomic E-state index is 12.2. The summed E-state index contributed by atoms with van der Waals surface area (Å²) < 4.78 is 0. The number of carbonyl (C=O) groups excluding carboxylic acids is 1. The fourth-order valence-corrected chi connectivity index (χ4v) is 3.23. The second kappa shape index (κ2) is 4.64. The van der Waals surface area contributed by atoms with E-state index in [9.17, 15) is 9.59 Å². The van der Waals surface area contributed by atoms with Crippen LogP contribution in [0.2, 0.25) is 0 Å². The van der Waals surface area contributed by atoms with Crippen LogP contribution in [-0.4, -0.2) is 40.5 Å². The van der Waals surface area contributed by atoms with E-state index in [2.05, 4.69) is 0 Å². The molecule has 0 aliphatic carbocycles. The number of hydrogen-bond acceptors (Lipinski definition) is 3. The first-order valence-electron chi connectivity index (χ1n) is 6.31. The number of rotatable bonds is 4. The Morgan fingerprint density at radius 1 is 1.47 bits per heavy atom. The number of nitrogens with zero attached hydrogens (tertiary/aromatic N) is 1. The minimum atomic E-state index is -0.763. The molecule has 2 bridgehead atoms. The molecule has 0 saturated carbocycles. The minimum absolute atomic E-state index is 0.0785. The molecule has 2 heterocycles. The van der Waals surface area contributed by atoms with Crippen LogP contribution in [0.1, 0.15) is 32.6 Å². The van der Waals surface area contributed by atoms with Crippen molar-refractivity contribution >= 4 is 11.9 Å².